The van der Waals surface area contributed by atoms with Crippen molar-refractivity contribution in [3.8, 4) is 90.8 Å². The maximum atomic E-state index is 5.47. The van der Waals surface area contributed by atoms with Gasteiger partial charge in [-0.3, -0.25) is 0 Å². The van der Waals surface area contributed by atoms with Gasteiger partial charge in [0.15, 0.2) is 34.9 Å². The van der Waals surface area contributed by atoms with Crippen LogP contribution in [0.3, 0.4) is 0 Å². The molecule has 0 aliphatic heterocycles. The highest BCUT2D eigenvalue weighted by Crippen LogP contribution is 2.64. The molecule has 3 aromatic heterocycles. The van der Waals surface area contributed by atoms with Gasteiger partial charge in [0.25, 0.3) is 0 Å². The molecule has 6 aromatic carbocycles. The molecule has 5 atom stereocenters. The predicted octanol–water partition coefficient (Wildman–Crippen LogP) is 13.5. The highest BCUT2D eigenvalue weighted by atomic mass is 15.1. The van der Waals surface area contributed by atoms with Crippen molar-refractivity contribution >= 4 is 0 Å². The van der Waals surface area contributed by atoms with Crippen LogP contribution in [0.1, 0.15) is 50.7 Å². The molecule has 3 aliphatic carbocycles. The van der Waals surface area contributed by atoms with Crippen molar-refractivity contribution in [3.05, 3.63) is 187 Å². The molecule has 65 heavy (non-hydrogen) atoms. The Labute approximate surface area is 379 Å². The summed E-state index contributed by atoms with van der Waals surface area (Å²) in [6, 6.07) is 60.8. The second-order valence-corrected chi connectivity index (χ2v) is 18.4. The van der Waals surface area contributed by atoms with Gasteiger partial charge in [-0.1, -0.05) is 172 Å². The van der Waals surface area contributed by atoms with Crippen LogP contribution in [0.15, 0.2) is 176 Å². The van der Waals surface area contributed by atoms with Crippen LogP contribution in [-0.2, 0) is 5.41 Å². The van der Waals surface area contributed by atoms with Crippen molar-refractivity contribution in [2.75, 3.05) is 0 Å². The highest BCUT2D eigenvalue weighted by Gasteiger charge is 2.56. The van der Waals surface area contributed by atoms with Crippen LogP contribution in [0.5, 0.6) is 0 Å². The lowest BCUT2D eigenvalue weighted by atomic mass is 9.49. The van der Waals surface area contributed by atoms with E-state index in [-0.39, 0.29) is 5.41 Å². The molecular weight excluding hydrogens is 795 g/mol. The van der Waals surface area contributed by atoms with Gasteiger partial charge in [0.2, 0.25) is 0 Å². The largest absolute Gasteiger partial charge is 0.244 e. The van der Waals surface area contributed by atoms with Crippen molar-refractivity contribution in [1.29, 1.82) is 0 Å². The maximum Gasteiger partial charge on any atom is 0.182 e. The molecule has 9 aromatic rings. The molecule has 0 radical (unpaired) electrons. The summed E-state index contributed by atoms with van der Waals surface area (Å²) >= 11 is 0. The topological polar surface area (TPSA) is 90.2 Å². The number of fused-ring (bicyclic) bond motifs is 8. The summed E-state index contributed by atoms with van der Waals surface area (Å²) in [5.74, 6) is 6.03. The standard InChI is InChI=1S/C58H47N7/c1-36-29-38-31-37(2)58(45(30-36)32-38)48-26-16-15-25-46(48)47-33-43(27-28-49(47)58)50-34-44(56-62-52(39-17-7-3-8-18-39)60-53(63-56)40-19-9-4-10-20-40)35-51(59-50)57-64-54(41-21-11-5-12-22-41)61-55(65-57)42-23-13-6-14-24-42/h3-28,33-38,45H,29-32H2,1-2H3. The first-order valence-corrected chi connectivity index (χ1v) is 23.0. The summed E-state index contributed by atoms with van der Waals surface area (Å²) in [4.78, 5) is 36.2. The number of hydrogen-bond acceptors (Lipinski definition) is 7. The Morgan fingerprint density at radius 1 is 0.354 bits per heavy atom. The Bertz CT molecular complexity index is 2950. The molecule has 5 unspecified atom stereocenters. The minimum Gasteiger partial charge on any atom is -0.244 e. The van der Waals surface area contributed by atoms with E-state index >= 15 is 0 Å². The van der Waals surface area contributed by atoms with Crippen LogP contribution < -0.4 is 0 Å². The summed E-state index contributed by atoms with van der Waals surface area (Å²) in [5, 5.41) is 0. The minimum absolute atomic E-state index is 0.00477. The third-order valence-electron chi connectivity index (χ3n) is 14.3. The molecule has 3 heterocycles. The van der Waals surface area contributed by atoms with E-state index in [1.807, 2.05) is 127 Å². The van der Waals surface area contributed by atoms with Gasteiger partial charge in [0, 0.05) is 38.8 Å². The molecule has 2 fully saturated rings. The van der Waals surface area contributed by atoms with E-state index < -0.39 is 0 Å². The zero-order valence-electron chi connectivity index (χ0n) is 36.5. The van der Waals surface area contributed by atoms with E-state index in [0.29, 0.717) is 52.5 Å². The van der Waals surface area contributed by atoms with E-state index in [1.54, 1.807) is 0 Å². The number of nitrogens with zero attached hydrogens (tertiary/aromatic N) is 7. The van der Waals surface area contributed by atoms with Gasteiger partial charge < -0.3 is 0 Å². The van der Waals surface area contributed by atoms with Crippen molar-refractivity contribution in [2.24, 2.45) is 23.7 Å². The molecule has 7 heteroatoms. The average molecular weight is 842 g/mol. The number of pyridine rings is 1. The molecule has 0 saturated heterocycles. The number of rotatable bonds is 7. The van der Waals surface area contributed by atoms with Gasteiger partial charge in [-0.2, -0.15) is 0 Å². The lowest BCUT2D eigenvalue weighted by Gasteiger charge is -2.54. The van der Waals surface area contributed by atoms with Gasteiger partial charge in [-0.05, 0) is 89.8 Å². The van der Waals surface area contributed by atoms with Gasteiger partial charge in [-0.25, -0.2) is 34.9 Å². The molecule has 0 N–H and O–H groups in total. The van der Waals surface area contributed by atoms with E-state index in [0.717, 1.165) is 50.9 Å². The van der Waals surface area contributed by atoms with Crippen molar-refractivity contribution < 1.29 is 0 Å². The Morgan fingerprint density at radius 3 is 1.37 bits per heavy atom. The third kappa shape index (κ3) is 6.85. The fraction of sp³-hybridized carbons (Fsp3) is 0.190. The zero-order chi connectivity index (χ0) is 43.5. The average Bonchev–Trinajstić information content (AvgIpc) is 3.67. The van der Waals surface area contributed by atoms with Crippen molar-refractivity contribution in [1.82, 2.24) is 34.9 Å². The summed E-state index contributed by atoms with van der Waals surface area (Å²) < 4.78 is 0. The van der Waals surface area contributed by atoms with E-state index in [2.05, 4.69) is 62.4 Å². The van der Waals surface area contributed by atoms with Gasteiger partial charge >= 0.3 is 0 Å². The monoisotopic (exact) mass is 841 g/mol. The molecule has 7 nitrogen and oxygen atoms in total. The Morgan fingerprint density at radius 2 is 0.815 bits per heavy atom. The first-order chi connectivity index (χ1) is 32.0. The first kappa shape index (κ1) is 39.1. The van der Waals surface area contributed by atoms with E-state index in [9.17, 15) is 0 Å². The van der Waals surface area contributed by atoms with Crippen molar-refractivity contribution in [2.45, 2.75) is 44.9 Å². The molecule has 3 aliphatic rings. The molecule has 1 spiro atoms. The quantitative estimate of drug-likeness (QED) is 0.158. The smallest absolute Gasteiger partial charge is 0.182 e. The minimum atomic E-state index is -0.00477. The summed E-state index contributed by atoms with van der Waals surface area (Å²) in [6.07, 6.45) is 5.21. The van der Waals surface area contributed by atoms with Crippen LogP contribution in [0, 0.1) is 23.7 Å². The molecular formula is C58H47N7. The van der Waals surface area contributed by atoms with E-state index in [4.69, 9.17) is 34.9 Å². The second-order valence-electron chi connectivity index (χ2n) is 18.4. The molecule has 314 valence electrons. The number of aromatic nitrogens is 7. The SMILES string of the molecule is CC1CC2CC(C)C3(c4ccccc4-c4cc(-c5cc(-c6nc(-c7ccccc7)nc(-c7ccccc7)n6)cc(-c6nc(-c7ccccc7)nc(-c7ccccc7)n6)n5)ccc43)C(C1)C2. The Kier molecular flexibility index (Phi) is 9.59. The fourth-order valence-electron chi connectivity index (χ4n) is 11.7. The number of benzene rings is 6. The highest BCUT2D eigenvalue weighted by molar-refractivity contribution is 5.86. The Balaban J connectivity index is 1.08. The summed E-state index contributed by atoms with van der Waals surface area (Å²) in [6.45, 7) is 5.00. The fourth-order valence-corrected chi connectivity index (χ4v) is 11.7. The van der Waals surface area contributed by atoms with Crippen LogP contribution in [0.25, 0.3) is 90.8 Å². The van der Waals surface area contributed by atoms with Crippen LogP contribution >= 0.6 is 0 Å². The predicted molar refractivity (Wildman–Crippen MR) is 259 cm³/mol. The van der Waals surface area contributed by atoms with E-state index in [1.165, 1.54) is 47.9 Å². The lowest BCUT2D eigenvalue weighted by molar-refractivity contribution is 0.0426. The summed E-state index contributed by atoms with van der Waals surface area (Å²) in [5.41, 5.74) is 12.4. The van der Waals surface area contributed by atoms with Gasteiger partial charge in [0.05, 0.1) is 5.69 Å². The Hall–Kier alpha value is -7.51. The maximum absolute atomic E-state index is 5.47. The second kappa shape index (κ2) is 15.9. The van der Waals surface area contributed by atoms with Crippen LogP contribution in [0.4, 0.5) is 0 Å². The lowest BCUT2D eigenvalue weighted by Crippen LogP contribution is -2.49. The van der Waals surface area contributed by atoms with Gasteiger partial charge in [-0.15, -0.1) is 0 Å². The molecule has 0 amide bonds. The van der Waals surface area contributed by atoms with Crippen LogP contribution in [0.2, 0.25) is 0 Å². The zero-order valence-corrected chi connectivity index (χ0v) is 36.5. The van der Waals surface area contributed by atoms with Crippen molar-refractivity contribution in [3.63, 3.8) is 0 Å². The molecule has 12 rings (SSSR count). The molecule has 2 bridgehead atoms. The van der Waals surface area contributed by atoms with Crippen LogP contribution in [-0.4, -0.2) is 34.9 Å². The normalized spacial score (nSPS) is 20.6. The number of hydrogen-bond donors (Lipinski definition) is 0. The summed E-state index contributed by atoms with van der Waals surface area (Å²) in [7, 11) is 0. The van der Waals surface area contributed by atoms with Gasteiger partial charge in [0.1, 0.15) is 5.69 Å². The molecule has 2 saturated carbocycles. The first-order valence-electron chi connectivity index (χ1n) is 23.0. The third-order valence-corrected chi connectivity index (χ3v) is 14.3.